The van der Waals surface area contributed by atoms with Gasteiger partial charge in [0.15, 0.2) is 0 Å². The molecule has 212 valence electrons. The van der Waals surface area contributed by atoms with Gasteiger partial charge in [-0.1, -0.05) is 30.3 Å². The first-order chi connectivity index (χ1) is 20.3. The summed E-state index contributed by atoms with van der Waals surface area (Å²) in [5.74, 6) is -1.96. The zero-order valence-corrected chi connectivity index (χ0v) is 22.9. The van der Waals surface area contributed by atoms with Crippen LogP contribution in [-0.4, -0.2) is 36.5 Å². The zero-order chi connectivity index (χ0) is 29.9. The van der Waals surface area contributed by atoms with E-state index < -0.39 is 23.7 Å². The fraction of sp³-hybridized carbons (Fsp3) is 0.0938. The smallest absolute Gasteiger partial charge is 0.343 e. The summed E-state index contributed by atoms with van der Waals surface area (Å²) in [6.07, 6.45) is 1.33. The Morgan fingerprint density at radius 3 is 2.07 bits per heavy atom. The molecule has 0 aliphatic carbocycles. The molecule has 4 aromatic carbocycles. The van der Waals surface area contributed by atoms with Crippen LogP contribution in [0.5, 0.6) is 11.5 Å². The molecule has 0 atom stereocenters. The van der Waals surface area contributed by atoms with Crippen molar-refractivity contribution < 1.29 is 28.7 Å². The van der Waals surface area contributed by atoms with Gasteiger partial charge in [-0.2, -0.15) is 5.10 Å². The third-order valence-corrected chi connectivity index (χ3v) is 5.88. The van der Waals surface area contributed by atoms with Crippen LogP contribution in [0, 0.1) is 6.92 Å². The molecule has 0 saturated carbocycles. The van der Waals surface area contributed by atoms with Gasteiger partial charge in [-0.25, -0.2) is 10.2 Å². The Labute approximate surface area is 242 Å². The van der Waals surface area contributed by atoms with E-state index in [0.717, 1.165) is 5.56 Å². The van der Waals surface area contributed by atoms with Gasteiger partial charge in [0.05, 0.1) is 29.6 Å². The highest BCUT2D eigenvalue weighted by Gasteiger charge is 2.18. The van der Waals surface area contributed by atoms with Gasteiger partial charge in [-0.3, -0.25) is 14.4 Å². The van der Waals surface area contributed by atoms with Gasteiger partial charge in [0.1, 0.15) is 11.5 Å². The van der Waals surface area contributed by atoms with E-state index in [1.807, 2.05) is 26.0 Å². The lowest BCUT2D eigenvalue weighted by Crippen LogP contribution is -2.33. The molecule has 4 aromatic rings. The molecule has 10 nitrogen and oxygen atoms in total. The van der Waals surface area contributed by atoms with Crippen molar-refractivity contribution in [3.8, 4) is 11.5 Å². The summed E-state index contributed by atoms with van der Waals surface area (Å²) >= 11 is 0. The highest BCUT2D eigenvalue weighted by Crippen LogP contribution is 2.20. The minimum Gasteiger partial charge on any atom is -0.494 e. The summed E-state index contributed by atoms with van der Waals surface area (Å²) < 4.78 is 10.8. The monoisotopic (exact) mass is 564 g/mol. The Morgan fingerprint density at radius 1 is 0.738 bits per heavy atom. The van der Waals surface area contributed by atoms with Crippen molar-refractivity contribution in [2.45, 2.75) is 13.8 Å². The summed E-state index contributed by atoms with van der Waals surface area (Å²) in [5, 5.41) is 9.00. The number of hydrogen-bond donors (Lipinski definition) is 3. The van der Waals surface area contributed by atoms with Crippen LogP contribution in [0.4, 0.5) is 11.4 Å². The first-order valence-electron chi connectivity index (χ1n) is 13.0. The summed E-state index contributed by atoms with van der Waals surface area (Å²) in [6, 6.07) is 26.7. The second-order valence-electron chi connectivity index (χ2n) is 8.88. The molecule has 42 heavy (non-hydrogen) atoms. The van der Waals surface area contributed by atoms with E-state index in [1.165, 1.54) is 18.3 Å². The van der Waals surface area contributed by atoms with Crippen molar-refractivity contribution in [3.63, 3.8) is 0 Å². The quantitative estimate of drug-likeness (QED) is 0.0865. The maximum Gasteiger partial charge on any atom is 0.343 e. The van der Waals surface area contributed by atoms with Crippen LogP contribution in [0.2, 0.25) is 0 Å². The lowest BCUT2D eigenvalue weighted by Gasteiger charge is -2.11. The molecule has 3 amide bonds. The average molecular weight is 565 g/mol. The second kappa shape index (κ2) is 14.0. The summed E-state index contributed by atoms with van der Waals surface area (Å²) in [5.41, 5.74) is 4.87. The number of rotatable bonds is 9. The number of ether oxygens (including phenoxy) is 2. The first-order valence-corrected chi connectivity index (χ1v) is 13.0. The third-order valence-electron chi connectivity index (χ3n) is 5.88. The highest BCUT2D eigenvalue weighted by atomic mass is 16.5. The predicted octanol–water partition coefficient (Wildman–Crippen LogP) is 4.95. The normalized spacial score (nSPS) is 10.5. The molecule has 0 aliphatic rings. The molecule has 10 heteroatoms. The van der Waals surface area contributed by atoms with Gasteiger partial charge in [0.25, 0.3) is 5.91 Å². The van der Waals surface area contributed by atoms with Gasteiger partial charge in [-0.05, 0) is 91.7 Å². The average Bonchev–Trinajstić information content (AvgIpc) is 2.99. The summed E-state index contributed by atoms with van der Waals surface area (Å²) in [4.78, 5) is 50.0. The van der Waals surface area contributed by atoms with Crippen LogP contribution < -0.4 is 25.5 Å². The van der Waals surface area contributed by atoms with Crippen molar-refractivity contribution in [1.29, 1.82) is 0 Å². The molecule has 0 unspecified atom stereocenters. The van der Waals surface area contributed by atoms with E-state index >= 15 is 0 Å². The molecule has 0 aromatic heterocycles. The number of aryl methyl sites for hydroxylation is 1. The fourth-order valence-corrected chi connectivity index (χ4v) is 3.77. The Kier molecular flexibility index (Phi) is 9.76. The number of hydrogen-bond acceptors (Lipinski definition) is 7. The van der Waals surface area contributed by atoms with Crippen LogP contribution in [0.15, 0.2) is 102 Å². The number of nitrogens with one attached hydrogen (secondary N) is 3. The lowest BCUT2D eigenvalue weighted by molar-refractivity contribution is -0.136. The molecule has 0 spiro atoms. The summed E-state index contributed by atoms with van der Waals surface area (Å²) in [7, 11) is 0. The van der Waals surface area contributed by atoms with E-state index in [1.54, 1.807) is 72.8 Å². The Balaban J connectivity index is 1.30. The predicted molar refractivity (Wildman–Crippen MR) is 159 cm³/mol. The van der Waals surface area contributed by atoms with Crippen molar-refractivity contribution in [1.82, 2.24) is 5.43 Å². The number of esters is 1. The number of amides is 3. The minimum atomic E-state index is -1.03. The van der Waals surface area contributed by atoms with Crippen LogP contribution in [0.25, 0.3) is 0 Å². The van der Waals surface area contributed by atoms with Crippen molar-refractivity contribution in [2.24, 2.45) is 5.10 Å². The maximum atomic E-state index is 12.9. The number of carbonyl (C=O) groups excluding carboxylic acids is 4. The first kappa shape index (κ1) is 29.2. The largest absolute Gasteiger partial charge is 0.494 e. The van der Waals surface area contributed by atoms with Gasteiger partial charge >= 0.3 is 17.8 Å². The molecule has 0 saturated heterocycles. The topological polar surface area (TPSA) is 135 Å². The molecule has 0 heterocycles. The second-order valence-corrected chi connectivity index (χ2v) is 8.88. The van der Waals surface area contributed by atoms with Crippen LogP contribution in [0.3, 0.4) is 0 Å². The van der Waals surface area contributed by atoms with Crippen LogP contribution in [-0.2, 0) is 9.59 Å². The lowest BCUT2D eigenvalue weighted by atomic mass is 10.1. The van der Waals surface area contributed by atoms with Gasteiger partial charge in [-0.15, -0.1) is 0 Å². The number of carbonyl (C=O) groups is 4. The van der Waals surface area contributed by atoms with E-state index in [0.29, 0.717) is 34.9 Å². The zero-order valence-electron chi connectivity index (χ0n) is 22.9. The third kappa shape index (κ3) is 7.89. The summed E-state index contributed by atoms with van der Waals surface area (Å²) in [6.45, 7) is 4.23. The van der Waals surface area contributed by atoms with Crippen molar-refractivity contribution >= 4 is 41.3 Å². The maximum absolute atomic E-state index is 12.9. The fourth-order valence-electron chi connectivity index (χ4n) is 3.77. The molecule has 3 N–H and O–H groups in total. The van der Waals surface area contributed by atoms with Crippen molar-refractivity contribution in [3.05, 3.63) is 119 Å². The van der Waals surface area contributed by atoms with E-state index in [2.05, 4.69) is 21.2 Å². The highest BCUT2D eigenvalue weighted by molar-refractivity contribution is 6.40. The minimum absolute atomic E-state index is 0.154. The Bertz CT molecular complexity index is 1620. The number of para-hydroxylation sites is 1. The molecule has 0 aliphatic heterocycles. The molecule has 0 radical (unpaired) electrons. The van der Waals surface area contributed by atoms with E-state index in [-0.39, 0.29) is 11.3 Å². The SMILES string of the molecule is CCOc1ccc(NC(=O)c2ccccc2NC(=O)C(=O)N/N=C/c2ccc(OC(=O)c3ccccc3C)cc2)cc1. The number of benzene rings is 4. The van der Waals surface area contributed by atoms with Crippen LogP contribution >= 0.6 is 0 Å². The van der Waals surface area contributed by atoms with Gasteiger partial charge in [0.2, 0.25) is 0 Å². The Morgan fingerprint density at radius 2 is 1.38 bits per heavy atom. The standard InChI is InChI=1S/C32H28N4O6/c1-3-41-24-18-14-23(15-19-24)34-29(37)27-10-6-7-11-28(27)35-30(38)31(39)36-33-20-22-12-16-25(17-13-22)42-32(40)26-9-5-4-8-21(26)2/h4-20H,3H2,1-2H3,(H,34,37)(H,35,38)(H,36,39)/b33-20+. The van der Waals surface area contributed by atoms with Gasteiger partial charge < -0.3 is 20.1 Å². The van der Waals surface area contributed by atoms with E-state index in [9.17, 15) is 19.2 Å². The molecule has 0 bridgehead atoms. The van der Waals surface area contributed by atoms with Crippen molar-refractivity contribution in [2.75, 3.05) is 17.2 Å². The molecular weight excluding hydrogens is 536 g/mol. The molecule has 0 fully saturated rings. The number of nitrogens with zero attached hydrogens (tertiary/aromatic N) is 1. The molecular formula is C32H28N4O6. The van der Waals surface area contributed by atoms with E-state index in [4.69, 9.17) is 9.47 Å². The van der Waals surface area contributed by atoms with Gasteiger partial charge in [0, 0.05) is 5.69 Å². The number of hydrazone groups is 1. The Hall–Kier alpha value is -5.77. The molecule has 4 rings (SSSR count). The van der Waals surface area contributed by atoms with Crippen LogP contribution in [0.1, 0.15) is 38.8 Å². The number of anilines is 2.